The maximum absolute atomic E-state index is 13.2. The van der Waals surface area contributed by atoms with Crippen LogP contribution in [0.1, 0.15) is 86.4 Å². The third-order valence-electron chi connectivity index (χ3n) is 9.90. The number of anilines is 1. The predicted molar refractivity (Wildman–Crippen MR) is 251 cm³/mol. The highest BCUT2D eigenvalue weighted by Crippen LogP contribution is 2.32. The second-order valence-corrected chi connectivity index (χ2v) is 16.7. The fraction of sp³-hybridized carbons (Fsp3) is 0.750. The Hall–Kier alpha value is -4.04. The number of carbonyl (C=O) groups is 6. The van der Waals surface area contributed by atoms with Gasteiger partial charge in [0.2, 0.25) is 17.7 Å². The minimum atomic E-state index is -1.08. The van der Waals surface area contributed by atoms with E-state index in [9.17, 15) is 28.8 Å². The predicted octanol–water partition coefficient (Wildman–Crippen LogP) is 2.52. The van der Waals surface area contributed by atoms with Gasteiger partial charge in [-0.25, -0.2) is 0 Å². The summed E-state index contributed by atoms with van der Waals surface area (Å²) >= 11 is 0. The van der Waals surface area contributed by atoms with Gasteiger partial charge in [0, 0.05) is 19.4 Å². The molecule has 0 bridgehead atoms. The van der Waals surface area contributed by atoms with Gasteiger partial charge in [0.05, 0.1) is 175 Å². The molecular weight excluding hydrogens is 923 g/mol. The lowest BCUT2D eigenvalue weighted by atomic mass is 10.0. The highest BCUT2D eigenvalue weighted by molar-refractivity contribution is 6.26. The zero-order valence-corrected chi connectivity index (χ0v) is 41.4. The van der Waals surface area contributed by atoms with Crippen molar-refractivity contribution in [3.8, 4) is 0 Å². The van der Waals surface area contributed by atoms with Gasteiger partial charge in [-0.1, -0.05) is 12.5 Å². The van der Waals surface area contributed by atoms with Crippen LogP contribution in [0.15, 0.2) is 18.2 Å². The Morgan fingerprint density at radius 3 is 1.37 bits per heavy atom. The van der Waals surface area contributed by atoms with E-state index in [0.717, 1.165) is 17.7 Å². The quantitative estimate of drug-likeness (QED) is 0.0541. The number of rotatable bonds is 44. The van der Waals surface area contributed by atoms with Crippen molar-refractivity contribution in [1.29, 1.82) is 0 Å². The van der Waals surface area contributed by atoms with Crippen molar-refractivity contribution in [2.45, 2.75) is 77.4 Å². The lowest BCUT2D eigenvalue weighted by molar-refractivity contribution is -0.156. The Bertz CT molecular complexity index is 1660. The molecule has 0 saturated carbocycles. The molecule has 70 heavy (non-hydrogen) atoms. The minimum absolute atomic E-state index is 0.0239. The standard InChI is InChI=1S/C48H77N3O19/c1-48(2,3)70-43(54)13-15-59-17-19-61-21-23-63-25-27-65-29-31-67-33-35-69-37-36-68-34-32-66-30-28-64-26-24-62-22-20-60-18-16-58-14-6-4-5-10-41(52)49-39-9-7-8-38-44(39)47(57)51(46(38)56)40-11-12-42(53)50-45(40)55/h7-9,40H,4-6,10-37H2,1-3H3,(H,49,52)(H,50,53,55). The summed E-state index contributed by atoms with van der Waals surface area (Å²) < 4.78 is 71.1. The number of piperidine rings is 1. The summed E-state index contributed by atoms with van der Waals surface area (Å²) in [6, 6.07) is 3.52. The Kier molecular flexibility index (Phi) is 32.5. The number of nitrogens with zero attached hydrogens (tertiary/aromatic N) is 1. The average molecular weight is 1000 g/mol. The molecule has 1 aromatic carbocycles. The van der Waals surface area contributed by atoms with Crippen LogP contribution < -0.4 is 10.6 Å². The molecule has 0 aromatic heterocycles. The summed E-state index contributed by atoms with van der Waals surface area (Å²) in [5.74, 6) is -3.01. The van der Waals surface area contributed by atoms with Crippen LogP contribution in [-0.2, 0) is 80.8 Å². The first-order valence-electron chi connectivity index (χ1n) is 24.3. The molecule has 5 amide bonds. The van der Waals surface area contributed by atoms with Gasteiger partial charge in [-0.2, -0.15) is 0 Å². The molecule has 1 aromatic rings. The summed E-state index contributed by atoms with van der Waals surface area (Å²) in [5, 5.41) is 4.91. The summed E-state index contributed by atoms with van der Waals surface area (Å²) in [5.41, 5.74) is -0.119. The molecule has 0 radical (unpaired) electrons. The minimum Gasteiger partial charge on any atom is -0.460 e. The average Bonchev–Trinajstić information content (AvgIpc) is 3.57. The molecule has 2 aliphatic rings. The van der Waals surface area contributed by atoms with E-state index in [1.54, 1.807) is 12.1 Å². The molecule has 1 atom stereocenters. The van der Waals surface area contributed by atoms with E-state index in [1.807, 2.05) is 20.8 Å². The lowest BCUT2D eigenvalue weighted by Crippen LogP contribution is -2.54. The highest BCUT2D eigenvalue weighted by atomic mass is 16.6. The molecule has 2 N–H and O–H groups in total. The van der Waals surface area contributed by atoms with E-state index in [2.05, 4.69) is 10.6 Å². The van der Waals surface area contributed by atoms with Crippen molar-refractivity contribution in [2.24, 2.45) is 0 Å². The lowest BCUT2D eigenvalue weighted by Gasteiger charge is -2.27. The number of esters is 1. The molecule has 2 aliphatic heterocycles. The van der Waals surface area contributed by atoms with Crippen LogP contribution in [0.4, 0.5) is 5.69 Å². The molecule has 1 fully saturated rings. The molecule has 0 aliphatic carbocycles. The molecule has 0 spiro atoms. The third kappa shape index (κ3) is 27.5. The number of nitrogens with one attached hydrogen (secondary N) is 2. The fourth-order valence-electron chi connectivity index (χ4n) is 6.57. The van der Waals surface area contributed by atoms with Gasteiger partial charge >= 0.3 is 5.97 Å². The second kappa shape index (κ2) is 37.7. The molecule has 3 rings (SSSR count). The summed E-state index contributed by atoms with van der Waals surface area (Å²) in [4.78, 5) is 75.2. The van der Waals surface area contributed by atoms with E-state index in [4.69, 9.17) is 61.6 Å². The fourth-order valence-corrected chi connectivity index (χ4v) is 6.57. The molecule has 1 unspecified atom stereocenters. The topological polar surface area (TPSA) is 250 Å². The molecule has 22 heteroatoms. The first-order chi connectivity index (χ1) is 34.0. The number of ether oxygens (including phenoxy) is 13. The number of imide groups is 2. The van der Waals surface area contributed by atoms with Gasteiger partial charge in [-0.15, -0.1) is 0 Å². The van der Waals surface area contributed by atoms with Crippen LogP contribution in [0.2, 0.25) is 0 Å². The largest absolute Gasteiger partial charge is 0.460 e. The number of fused-ring (bicyclic) bond motifs is 1. The van der Waals surface area contributed by atoms with E-state index < -0.39 is 35.3 Å². The van der Waals surface area contributed by atoms with Crippen LogP contribution >= 0.6 is 0 Å². The first kappa shape index (κ1) is 60.3. The van der Waals surface area contributed by atoms with Crippen molar-refractivity contribution >= 4 is 41.2 Å². The monoisotopic (exact) mass is 1000 g/mol. The Labute approximate surface area is 411 Å². The van der Waals surface area contributed by atoms with Crippen molar-refractivity contribution < 1.29 is 90.3 Å². The molecular formula is C48H77N3O19. The number of hydrogen-bond donors (Lipinski definition) is 2. The van der Waals surface area contributed by atoms with Crippen LogP contribution in [0.25, 0.3) is 0 Å². The highest BCUT2D eigenvalue weighted by Gasteiger charge is 2.45. The smallest absolute Gasteiger partial charge is 0.308 e. The van der Waals surface area contributed by atoms with Crippen LogP contribution in [0.3, 0.4) is 0 Å². The number of benzene rings is 1. The van der Waals surface area contributed by atoms with Crippen LogP contribution in [0, 0.1) is 0 Å². The number of hydrogen-bond acceptors (Lipinski definition) is 19. The van der Waals surface area contributed by atoms with Gasteiger partial charge < -0.3 is 66.9 Å². The van der Waals surface area contributed by atoms with Crippen molar-refractivity contribution in [1.82, 2.24) is 10.2 Å². The van der Waals surface area contributed by atoms with Gasteiger partial charge in [0.25, 0.3) is 11.8 Å². The Balaban J connectivity index is 0.954. The van der Waals surface area contributed by atoms with E-state index in [1.165, 1.54) is 6.07 Å². The van der Waals surface area contributed by atoms with E-state index >= 15 is 0 Å². The zero-order valence-electron chi connectivity index (χ0n) is 41.4. The van der Waals surface area contributed by atoms with Crippen LogP contribution in [-0.4, -0.2) is 211 Å². The molecule has 2 heterocycles. The van der Waals surface area contributed by atoms with Crippen molar-refractivity contribution in [2.75, 3.05) is 164 Å². The third-order valence-corrected chi connectivity index (χ3v) is 9.90. The maximum atomic E-state index is 13.2. The molecule has 1 saturated heterocycles. The van der Waals surface area contributed by atoms with Gasteiger partial charge in [0.15, 0.2) is 0 Å². The van der Waals surface area contributed by atoms with E-state index in [0.29, 0.717) is 165 Å². The first-order valence-corrected chi connectivity index (χ1v) is 24.3. The molecule has 398 valence electrons. The maximum Gasteiger partial charge on any atom is 0.308 e. The van der Waals surface area contributed by atoms with Crippen molar-refractivity contribution in [3.63, 3.8) is 0 Å². The van der Waals surface area contributed by atoms with Crippen LogP contribution in [0.5, 0.6) is 0 Å². The summed E-state index contributed by atoms with van der Waals surface area (Å²) in [6.07, 6.45) is 2.63. The number of unbranched alkanes of at least 4 members (excludes halogenated alkanes) is 2. The van der Waals surface area contributed by atoms with E-state index in [-0.39, 0.29) is 54.4 Å². The SMILES string of the molecule is CC(C)(C)OC(=O)CCOCCOCCOCCOCCOCCOCCOCCOCCOCCOCCOCCOCCCCCC(=O)Nc1cccc2c1C(=O)N(C1CCC(=O)NC1=O)C2=O. The normalized spacial score (nSPS) is 14.9. The molecule has 22 nitrogen and oxygen atoms in total. The summed E-state index contributed by atoms with van der Waals surface area (Å²) in [7, 11) is 0. The van der Waals surface area contributed by atoms with Gasteiger partial charge in [-0.3, -0.25) is 39.0 Å². The second-order valence-electron chi connectivity index (χ2n) is 16.7. The van der Waals surface area contributed by atoms with Gasteiger partial charge in [0.1, 0.15) is 11.6 Å². The van der Waals surface area contributed by atoms with Gasteiger partial charge in [-0.05, 0) is 52.2 Å². The number of amides is 5. The number of carbonyl (C=O) groups excluding carboxylic acids is 6. The zero-order chi connectivity index (χ0) is 50.5. The van der Waals surface area contributed by atoms with Crippen molar-refractivity contribution in [3.05, 3.63) is 29.3 Å². The Morgan fingerprint density at radius 2 is 0.957 bits per heavy atom. The summed E-state index contributed by atoms with van der Waals surface area (Å²) in [6.45, 7) is 16.3. The Morgan fingerprint density at radius 1 is 0.543 bits per heavy atom.